The van der Waals surface area contributed by atoms with Gasteiger partial charge in [0.1, 0.15) is 17.5 Å². The first kappa shape index (κ1) is 29.4. The molecule has 6 N–H and O–H groups in total. The van der Waals surface area contributed by atoms with E-state index in [2.05, 4.69) is 5.32 Å². The Morgan fingerprint density at radius 2 is 1.56 bits per heavy atom. The maximum atomic E-state index is 12.6. The number of anilines is 1. The van der Waals surface area contributed by atoms with Gasteiger partial charge in [-0.3, -0.25) is 9.59 Å². The fourth-order valence-electron chi connectivity index (χ4n) is 4.46. The fourth-order valence-corrected chi connectivity index (χ4v) is 4.46. The number of carboxylic acid groups (broad SMARTS) is 1. The minimum atomic E-state index is -1.04. The molecular weight excluding hydrogens is 494 g/mol. The molecule has 8 nitrogen and oxygen atoms in total. The van der Waals surface area contributed by atoms with Crippen LogP contribution in [0.15, 0.2) is 78.9 Å². The van der Waals surface area contributed by atoms with Gasteiger partial charge in [0, 0.05) is 23.6 Å². The lowest BCUT2D eigenvalue weighted by Crippen LogP contribution is -2.45. The smallest absolute Gasteiger partial charge is 0.326 e. The van der Waals surface area contributed by atoms with Crippen molar-refractivity contribution in [1.82, 2.24) is 5.32 Å². The van der Waals surface area contributed by atoms with Crippen LogP contribution in [-0.2, 0) is 16.0 Å². The van der Waals surface area contributed by atoms with Gasteiger partial charge in [-0.2, -0.15) is 0 Å². The number of amides is 1. The average molecular weight is 532 g/mol. The maximum absolute atomic E-state index is 12.6. The second kappa shape index (κ2) is 14.7. The minimum Gasteiger partial charge on any atom is -0.480 e. The van der Waals surface area contributed by atoms with Gasteiger partial charge in [0.05, 0.1) is 0 Å². The molecule has 1 unspecified atom stereocenters. The topological polar surface area (TPSA) is 145 Å². The highest BCUT2D eigenvalue weighted by Crippen LogP contribution is 2.28. The first-order chi connectivity index (χ1) is 18.7. The van der Waals surface area contributed by atoms with Crippen LogP contribution in [0, 0.1) is 11.8 Å². The number of nitrogens with one attached hydrogen (secondary N) is 1. The van der Waals surface area contributed by atoms with Crippen molar-refractivity contribution < 1.29 is 24.2 Å². The standard InChI is InChI=1S/C23H28N2O4.C8H9NO/c24-15-16-9-11-18(12-10-16)22(26)25-21(23(27)28)14-17-5-4-8-20(13-17)29-19-6-2-1-3-7-19;1-6(10)7-2-4-8(9)5-3-7/h1-8,13,16,18,21H,9-12,14-15,24H2,(H,25,26)(H,27,28);2-5H,9H2,1H3/t16-,18-,21?;. The zero-order chi connectivity index (χ0) is 28.2. The van der Waals surface area contributed by atoms with Crippen molar-refractivity contribution in [3.8, 4) is 11.5 Å². The van der Waals surface area contributed by atoms with E-state index in [0.717, 1.165) is 31.2 Å². The first-order valence-electron chi connectivity index (χ1n) is 13.2. The van der Waals surface area contributed by atoms with Crippen molar-refractivity contribution in [2.75, 3.05) is 12.3 Å². The van der Waals surface area contributed by atoms with Gasteiger partial charge in [0.15, 0.2) is 5.78 Å². The monoisotopic (exact) mass is 531 g/mol. The lowest BCUT2D eigenvalue weighted by molar-refractivity contribution is -0.142. The Kier molecular flexibility index (Phi) is 11.1. The Bertz CT molecular complexity index is 1220. The molecule has 0 heterocycles. The summed E-state index contributed by atoms with van der Waals surface area (Å²) in [4.78, 5) is 35.0. The Morgan fingerprint density at radius 3 is 2.15 bits per heavy atom. The molecule has 206 valence electrons. The third-order valence-corrected chi connectivity index (χ3v) is 6.80. The summed E-state index contributed by atoms with van der Waals surface area (Å²) in [5.41, 5.74) is 13.3. The predicted octanol–water partition coefficient (Wildman–Crippen LogP) is 4.83. The van der Waals surface area contributed by atoms with Crippen LogP contribution >= 0.6 is 0 Å². The zero-order valence-corrected chi connectivity index (χ0v) is 22.2. The number of hydrogen-bond acceptors (Lipinski definition) is 6. The number of ketones is 1. The van der Waals surface area contributed by atoms with Crippen LogP contribution in [0.25, 0.3) is 0 Å². The molecule has 0 bridgehead atoms. The van der Waals surface area contributed by atoms with Crippen molar-refractivity contribution >= 4 is 23.3 Å². The van der Waals surface area contributed by atoms with Crippen molar-refractivity contribution in [3.63, 3.8) is 0 Å². The average Bonchev–Trinajstić information content (AvgIpc) is 2.94. The van der Waals surface area contributed by atoms with Crippen molar-refractivity contribution in [2.24, 2.45) is 17.6 Å². The predicted molar refractivity (Wildman–Crippen MR) is 152 cm³/mol. The Labute approximate surface area is 229 Å². The van der Waals surface area contributed by atoms with Gasteiger partial charge in [-0.05, 0) is 99.2 Å². The van der Waals surface area contributed by atoms with Crippen LogP contribution in [0.4, 0.5) is 5.69 Å². The van der Waals surface area contributed by atoms with Crippen LogP contribution in [0.1, 0.15) is 48.5 Å². The van der Waals surface area contributed by atoms with Gasteiger partial charge in [0.2, 0.25) is 5.91 Å². The summed E-state index contributed by atoms with van der Waals surface area (Å²) in [5.74, 6) is 0.534. The molecule has 1 saturated carbocycles. The van der Waals surface area contributed by atoms with Crippen molar-refractivity contribution in [2.45, 2.75) is 45.1 Å². The highest BCUT2D eigenvalue weighted by molar-refractivity contribution is 5.94. The molecule has 3 aromatic carbocycles. The molecule has 3 aromatic rings. The van der Waals surface area contributed by atoms with Gasteiger partial charge in [-0.25, -0.2) is 4.79 Å². The van der Waals surface area contributed by atoms with Crippen LogP contribution in [0.2, 0.25) is 0 Å². The number of nitrogen functional groups attached to an aromatic ring is 1. The van der Waals surface area contributed by atoms with E-state index in [1.165, 1.54) is 6.92 Å². The second-order valence-electron chi connectivity index (χ2n) is 9.80. The molecule has 1 amide bonds. The number of Topliss-reactive ketones (excluding diaryl/α,β-unsaturated/α-hetero) is 1. The quantitative estimate of drug-likeness (QED) is 0.229. The van der Waals surface area contributed by atoms with Gasteiger partial charge in [-0.15, -0.1) is 0 Å². The van der Waals surface area contributed by atoms with Gasteiger partial charge in [0.25, 0.3) is 0 Å². The maximum Gasteiger partial charge on any atom is 0.326 e. The number of ether oxygens (including phenoxy) is 1. The second-order valence-corrected chi connectivity index (χ2v) is 9.80. The summed E-state index contributed by atoms with van der Waals surface area (Å²) in [6, 6.07) is 22.6. The van der Waals surface area contributed by atoms with Crippen molar-refractivity contribution in [1.29, 1.82) is 0 Å². The summed E-state index contributed by atoms with van der Waals surface area (Å²) in [6.07, 6.45) is 3.57. The first-order valence-corrected chi connectivity index (χ1v) is 13.2. The van der Waals surface area contributed by atoms with E-state index in [1.807, 2.05) is 54.6 Å². The summed E-state index contributed by atoms with van der Waals surface area (Å²) < 4.78 is 5.81. The summed E-state index contributed by atoms with van der Waals surface area (Å²) in [6.45, 7) is 2.18. The molecule has 1 aliphatic carbocycles. The number of benzene rings is 3. The van der Waals surface area contributed by atoms with Crippen molar-refractivity contribution in [3.05, 3.63) is 90.0 Å². The van der Waals surface area contributed by atoms with E-state index in [4.69, 9.17) is 16.2 Å². The van der Waals surface area contributed by atoms with Crippen LogP contribution in [0.3, 0.4) is 0 Å². The molecule has 0 saturated heterocycles. The van der Waals surface area contributed by atoms with Gasteiger partial charge >= 0.3 is 5.97 Å². The SMILES string of the molecule is CC(=O)c1ccc(N)cc1.NC[C@H]1CC[C@H](C(=O)NC(Cc2cccc(Oc3ccccc3)c2)C(=O)O)CC1. The lowest BCUT2D eigenvalue weighted by atomic mass is 9.81. The number of carbonyl (C=O) groups is 3. The van der Waals surface area contributed by atoms with E-state index in [-0.39, 0.29) is 24.0 Å². The molecule has 1 atom stereocenters. The third kappa shape index (κ3) is 9.57. The molecule has 1 aliphatic rings. The molecule has 0 spiro atoms. The molecule has 39 heavy (non-hydrogen) atoms. The number of nitrogens with two attached hydrogens (primary N) is 2. The summed E-state index contributed by atoms with van der Waals surface area (Å²) in [7, 11) is 0. The molecule has 0 radical (unpaired) electrons. The van der Waals surface area contributed by atoms with E-state index in [1.54, 1.807) is 24.3 Å². The van der Waals surface area contributed by atoms with E-state index in [0.29, 0.717) is 35.2 Å². The number of aliphatic carboxylic acids is 1. The molecule has 8 heteroatoms. The minimum absolute atomic E-state index is 0.0694. The Balaban J connectivity index is 0.000000353. The van der Waals surface area contributed by atoms with E-state index < -0.39 is 12.0 Å². The zero-order valence-electron chi connectivity index (χ0n) is 22.2. The molecule has 0 aromatic heterocycles. The third-order valence-electron chi connectivity index (χ3n) is 6.80. The van der Waals surface area contributed by atoms with Crippen LogP contribution in [-0.4, -0.2) is 35.4 Å². The molecule has 0 aliphatic heterocycles. The number of rotatable bonds is 9. The van der Waals surface area contributed by atoms with E-state index >= 15 is 0 Å². The molecule has 1 fully saturated rings. The number of hydrogen-bond donors (Lipinski definition) is 4. The molecular formula is C31H37N3O5. The lowest BCUT2D eigenvalue weighted by Gasteiger charge is -2.27. The molecule has 4 rings (SSSR count). The normalized spacial score (nSPS) is 17.2. The summed E-state index contributed by atoms with van der Waals surface area (Å²) in [5, 5.41) is 12.3. The Morgan fingerprint density at radius 1 is 0.923 bits per heavy atom. The van der Waals surface area contributed by atoms with Crippen LogP contribution < -0.4 is 21.5 Å². The summed E-state index contributed by atoms with van der Waals surface area (Å²) >= 11 is 0. The fraction of sp³-hybridized carbons (Fsp3) is 0.323. The highest BCUT2D eigenvalue weighted by atomic mass is 16.5. The number of carboxylic acids is 1. The van der Waals surface area contributed by atoms with Gasteiger partial charge < -0.3 is 26.6 Å². The van der Waals surface area contributed by atoms with Crippen LogP contribution in [0.5, 0.6) is 11.5 Å². The number of para-hydroxylation sites is 1. The van der Waals surface area contributed by atoms with Gasteiger partial charge in [-0.1, -0.05) is 30.3 Å². The highest BCUT2D eigenvalue weighted by Gasteiger charge is 2.29. The number of carbonyl (C=O) groups excluding carboxylic acids is 2. The largest absolute Gasteiger partial charge is 0.480 e. The van der Waals surface area contributed by atoms with E-state index in [9.17, 15) is 19.5 Å². The Hall–Kier alpha value is -4.17.